The van der Waals surface area contributed by atoms with E-state index >= 15 is 0 Å². The number of pyridine rings is 1. The topological polar surface area (TPSA) is 58.5 Å². The second kappa shape index (κ2) is 8.72. The normalized spacial score (nSPS) is 11.4. The van der Waals surface area contributed by atoms with Gasteiger partial charge in [0.05, 0.1) is 6.61 Å². The van der Waals surface area contributed by atoms with Crippen molar-refractivity contribution in [3.8, 4) is 0 Å². The number of hydrogen-bond donors (Lipinski definition) is 2. The fourth-order valence-electron chi connectivity index (χ4n) is 1.37. The fraction of sp³-hybridized carbons (Fsp3) is 0.500. The molecule has 1 aromatic heterocycles. The van der Waals surface area contributed by atoms with Crippen molar-refractivity contribution >= 4 is 17.6 Å². The van der Waals surface area contributed by atoms with Crippen LogP contribution in [0.2, 0.25) is 5.15 Å². The first kappa shape index (κ1) is 14.7. The van der Waals surface area contributed by atoms with Gasteiger partial charge in [-0.1, -0.05) is 17.7 Å². The molecule has 0 radical (unpaired) electrons. The van der Waals surface area contributed by atoms with Gasteiger partial charge in [-0.3, -0.25) is 4.99 Å². The molecule has 0 amide bonds. The standard InChI is InChI=1S/C12H19ClN4O/c1-14-12(16-7-8-18-2)15-6-5-10-3-4-11(13)17-9-10/h3-4,9H,5-8H2,1-2H3,(H2,14,15,16). The Morgan fingerprint density at radius 3 is 2.78 bits per heavy atom. The monoisotopic (exact) mass is 270 g/mol. The molecular formula is C12H19ClN4O. The van der Waals surface area contributed by atoms with Crippen LogP contribution in [0, 0.1) is 0 Å². The number of ether oxygens (including phenoxy) is 1. The maximum atomic E-state index is 5.72. The Labute approximate surface area is 113 Å². The molecule has 0 fully saturated rings. The van der Waals surface area contributed by atoms with Gasteiger partial charge >= 0.3 is 0 Å². The molecule has 5 nitrogen and oxygen atoms in total. The van der Waals surface area contributed by atoms with E-state index in [4.69, 9.17) is 16.3 Å². The summed E-state index contributed by atoms with van der Waals surface area (Å²) in [7, 11) is 3.41. The largest absolute Gasteiger partial charge is 0.383 e. The second-order valence-corrected chi connectivity index (χ2v) is 4.04. The molecule has 0 atom stereocenters. The molecule has 1 rings (SSSR count). The van der Waals surface area contributed by atoms with Crippen LogP contribution in [0.15, 0.2) is 23.3 Å². The summed E-state index contributed by atoms with van der Waals surface area (Å²) in [6, 6.07) is 3.76. The van der Waals surface area contributed by atoms with Crippen molar-refractivity contribution in [3.05, 3.63) is 29.0 Å². The molecule has 18 heavy (non-hydrogen) atoms. The number of nitrogens with one attached hydrogen (secondary N) is 2. The highest BCUT2D eigenvalue weighted by Crippen LogP contribution is 2.05. The molecule has 0 aromatic carbocycles. The van der Waals surface area contributed by atoms with Crippen molar-refractivity contribution < 1.29 is 4.74 Å². The van der Waals surface area contributed by atoms with E-state index in [1.54, 1.807) is 26.4 Å². The Bertz CT molecular complexity index is 367. The first-order valence-electron chi connectivity index (χ1n) is 5.80. The molecule has 1 heterocycles. The van der Waals surface area contributed by atoms with Crippen LogP contribution in [-0.4, -0.2) is 44.8 Å². The second-order valence-electron chi connectivity index (χ2n) is 3.66. The summed E-state index contributed by atoms with van der Waals surface area (Å²) in [6.45, 7) is 2.18. The van der Waals surface area contributed by atoms with E-state index in [0.29, 0.717) is 11.8 Å². The summed E-state index contributed by atoms with van der Waals surface area (Å²) in [5.41, 5.74) is 1.14. The van der Waals surface area contributed by atoms with Gasteiger partial charge in [0, 0.05) is 33.4 Å². The van der Waals surface area contributed by atoms with Crippen molar-refractivity contribution in [2.24, 2.45) is 4.99 Å². The SMILES string of the molecule is CN=C(NCCOC)NCCc1ccc(Cl)nc1. The fourth-order valence-corrected chi connectivity index (χ4v) is 1.48. The molecule has 6 heteroatoms. The summed E-state index contributed by atoms with van der Waals surface area (Å²) in [4.78, 5) is 8.14. The Morgan fingerprint density at radius 2 is 2.17 bits per heavy atom. The van der Waals surface area contributed by atoms with Crippen LogP contribution in [0.4, 0.5) is 0 Å². The zero-order valence-electron chi connectivity index (χ0n) is 10.7. The zero-order chi connectivity index (χ0) is 13.2. The summed E-state index contributed by atoms with van der Waals surface area (Å²) in [6.07, 6.45) is 2.65. The van der Waals surface area contributed by atoms with Crippen LogP contribution in [0.1, 0.15) is 5.56 Å². The van der Waals surface area contributed by atoms with Crippen LogP contribution < -0.4 is 10.6 Å². The van der Waals surface area contributed by atoms with Gasteiger partial charge in [0.15, 0.2) is 5.96 Å². The van der Waals surface area contributed by atoms with Gasteiger partial charge in [-0.25, -0.2) is 4.98 Å². The summed E-state index contributed by atoms with van der Waals surface area (Å²) in [5.74, 6) is 0.772. The van der Waals surface area contributed by atoms with Gasteiger partial charge in [0.1, 0.15) is 5.15 Å². The minimum Gasteiger partial charge on any atom is -0.383 e. The van der Waals surface area contributed by atoms with Crippen molar-refractivity contribution in [3.63, 3.8) is 0 Å². The first-order chi connectivity index (χ1) is 8.76. The maximum absolute atomic E-state index is 5.72. The van der Waals surface area contributed by atoms with E-state index < -0.39 is 0 Å². The highest BCUT2D eigenvalue weighted by molar-refractivity contribution is 6.29. The molecule has 0 unspecified atom stereocenters. The predicted molar refractivity (Wildman–Crippen MR) is 74.2 cm³/mol. The lowest BCUT2D eigenvalue weighted by atomic mass is 10.2. The Morgan fingerprint density at radius 1 is 1.39 bits per heavy atom. The van der Waals surface area contributed by atoms with Crippen molar-refractivity contribution in [2.45, 2.75) is 6.42 Å². The number of rotatable bonds is 6. The zero-order valence-corrected chi connectivity index (χ0v) is 11.5. The van der Waals surface area contributed by atoms with Gasteiger partial charge in [0.2, 0.25) is 0 Å². The summed E-state index contributed by atoms with van der Waals surface area (Å²) < 4.78 is 4.96. The number of hydrogen-bond acceptors (Lipinski definition) is 3. The van der Waals surface area contributed by atoms with E-state index in [0.717, 1.165) is 31.0 Å². The average Bonchev–Trinajstić information content (AvgIpc) is 2.39. The minimum absolute atomic E-state index is 0.517. The average molecular weight is 271 g/mol. The molecule has 100 valence electrons. The lowest BCUT2D eigenvalue weighted by Crippen LogP contribution is -2.39. The number of methoxy groups -OCH3 is 1. The third-order valence-electron chi connectivity index (χ3n) is 2.32. The van der Waals surface area contributed by atoms with Gasteiger partial charge in [-0.15, -0.1) is 0 Å². The lowest BCUT2D eigenvalue weighted by Gasteiger charge is -2.11. The van der Waals surface area contributed by atoms with E-state index in [-0.39, 0.29) is 0 Å². The van der Waals surface area contributed by atoms with E-state index in [1.165, 1.54) is 0 Å². The van der Waals surface area contributed by atoms with Crippen LogP contribution in [-0.2, 0) is 11.2 Å². The Kier molecular flexibility index (Phi) is 7.13. The van der Waals surface area contributed by atoms with Gasteiger partial charge < -0.3 is 15.4 Å². The maximum Gasteiger partial charge on any atom is 0.191 e. The summed E-state index contributed by atoms with van der Waals surface area (Å²) in [5, 5.41) is 6.87. The smallest absolute Gasteiger partial charge is 0.191 e. The number of aliphatic imine (C=N–C) groups is 1. The quantitative estimate of drug-likeness (QED) is 0.352. The minimum atomic E-state index is 0.517. The van der Waals surface area contributed by atoms with Gasteiger partial charge in [-0.05, 0) is 18.1 Å². The molecule has 2 N–H and O–H groups in total. The van der Waals surface area contributed by atoms with E-state index in [9.17, 15) is 0 Å². The van der Waals surface area contributed by atoms with Crippen LogP contribution in [0.5, 0.6) is 0 Å². The molecule has 0 aliphatic carbocycles. The highest BCUT2D eigenvalue weighted by atomic mass is 35.5. The molecule has 0 saturated heterocycles. The molecule has 0 aliphatic heterocycles. The first-order valence-corrected chi connectivity index (χ1v) is 6.18. The third-order valence-corrected chi connectivity index (χ3v) is 2.54. The van der Waals surface area contributed by atoms with Crippen molar-refractivity contribution in [1.82, 2.24) is 15.6 Å². The molecular weight excluding hydrogens is 252 g/mol. The van der Waals surface area contributed by atoms with Gasteiger partial charge in [-0.2, -0.15) is 0 Å². The number of halogens is 1. The number of guanidine groups is 1. The highest BCUT2D eigenvalue weighted by Gasteiger charge is 1.98. The Hall–Kier alpha value is -1.33. The van der Waals surface area contributed by atoms with Gasteiger partial charge in [0.25, 0.3) is 0 Å². The molecule has 0 saturated carbocycles. The van der Waals surface area contributed by atoms with Crippen molar-refractivity contribution in [2.75, 3.05) is 33.9 Å². The number of aromatic nitrogens is 1. The predicted octanol–water partition coefficient (Wildman–Crippen LogP) is 1.09. The lowest BCUT2D eigenvalue weighted by molar-refractivity contribution is 0.203. The van der Waals surface area contributed by atoms with E-state index in [1.807, 2.05) is 6.07 Å². The van der Waals surface area contributed by atoms with Crippen LogP contribution >= 0.6 is 11.6 Å². The molecule has 0 spiro atoms. The summed E-state index contributed by atoms with van der Waals surface area (Å²) >= 11 is 5.72. The molecule has 1 aromatic rings. The van der Waals surface area contributed by atoms with E-state index in [2.05, 4.69) is 20.6 Å². The molecule has 0 aliphatic rings. The van der Waals surface area contributed by atoms with Crippen LogP contribution in [0.25, 0.3) is 0 Å². The Balaban J connectivity index is 2.25. The third kappa shape index (κ3) is 5.84. The number of nitrogens with zero attached hydrogens (tertiary/aromatic N) is 2. The molecule has 0 bridgehead atoms. The van der Waals surface area contributed by atoms with Crippen LogP contribution in [0.3, 0.4) is 0 Å². The van der Waals surface area contributed by atoms with Crippen molar-refractivity contribution in [1.29, 1.82) is 0 Å².